The van der Waals surface area contributed by atoms with Gasteiger partial charge < -0.3 is 10.4 Å². The molecule has 1 atom stereocenters. The summed E-state index contributed by atoms with van der Waals surface area (Å²) in [6.07, 6.45) is 0. The minimum atomic E-state index is 0.0650. The fourth-order valence-electron chi connectivity index (χ4n) is 2.48. The number of phenolic OH excluding ortho intramolecular Hbond substituents is 1. The summed E-state index contributed by atoms with van der Waals surface area (Å²) < 4.78 is 0. The molecule has 0 aliphatic rings. The maximum atomic E-state index is 9.92. The molecule has 2 aromatic rings. The SMILES string of the molecule is CC(C)(C)C(NCc1cc(Cl)ccc1O)c1ccccc1. The second-order valence-electron chi connectivity index (χ2n) is 6.36. The van der Waals surface area contributed by atoms with Gasteiger partial charge in [0.05, 0.1) is 0 Å². The highest BCUT2D eigenvalue weighted by Gasteiger charge is 2.25. The van der Waals surface area contributed by atoms with Crippen molar-refractivity contribution in [3.05, 3.63) is 64.7 Å². The number of hydrogen-bond donors (Lipinski definition) is 2. The molecule has 3 heteroatoms. The molecule has 0 aliphatic heterocycles. The van der Waals surface area contributed by atoms with E-state index in [1.165, 1.54) is 5.56 Å². The Labute approximate surface area is 131 Å². The minimum Gasteiger partial charge on any atom is -0.508 e. The zero-order valence-electron chi connectivity index (χ0n) is 12.7. The van der Waals surface area contributed by atoms with Crippen LogP contribution in [0, 0.1) is 5.41 Å². The van der Waals surface area contributed by atoms with Gasteiger partial charge in [0.15, 0.2) is 0 Å². The Bertz CT molecular complexity index is 590. The van der Waals surface area contributed by atoms with Gasteiger partial charge in [-0.3, -0.25) is 0 Å². The van der Waals surface area contributed by atoms with Crippen molar-refractivity contribution in [1.29, 1.82) is 0 Å². The summed E-state index contributed by atoms with van der Waals surface area (Å²) >= 11 is 6.00. The Morgan fingerprint density at radius 3 is 2.38 bits per heavy atom. The summed E-state index contributed by atoms with van der Waals surface area (Å²) in [6, 6.07) is 15.7. The van der Waals surface area contributed by atoms with E-state index in [1.54, 1.807) is 18.2 Å². The lowest BCUT2D eigenvalue weighted by Crippen LogP contribution is -2.32. The number of benzene rings is 2. The van der Waals surface area contributed by atoms with Gasteiger partial charge in [-0.05, 0) is 29.2 Å². The first kappa shape index (κ1) is 15.9. The highest BCUT2D eigenvalue weighted by molar-refractivity contribution is 6.30. The number of rotatable bonds is 4. The van der Waals surface area contributed by atoms with Gasteiger partial charge in [0.2, 0.25) is 0 Å². The third-order valence-corrected chi connectivity index (χ3v) is 3.77. The number of phenols is 1. The van der Waals surface area contributed by atoms with Crippen LogP contribution in [0.4, 0.5) is 0 Å². The summed E-state index contributed by atoms with van der Waals surface area (Å²) in [5.41, 5.74) is 2.12. The largest absolute Gasteiger partial charge is 0.508 e. The molecule has 2 N–H and O–H groups in total. The third-order valence-electron chi connectivity index (χ3n) is 3.54. The molecule has 0 saturated carbocycles. The number of aromatic hydroxyl groups is 1. The summed E-state index contributed by atoms with van der Waals surface area (Å²) in [7, 11) is 0. The van der Waals surface area contributed by atoms with Crippen LogP contribution in [0.25, 0.3) is 0 Å². The van der Waals surface area contributed by atoms with Crippen LogP contribution in [-0.2, 0) is 6.54 Å². The van der Waals surface area contributed by atoms with Crippen LogP contribution in [0.3, 0.4) is 0 Å². The minimum absolute atomic E-state index is 0.0650. The standard InChI is InChI=1S/C18H22ClNO/c1-18(2,3)17(13-7-5-4-6-8-13)20-12-14-11-15(19)9-10-16(14)21/h4-11,17,20-21H,12H2,1-3H3. The second-order valence-corrected chi connectivity index (χ2v) is 6.80. The van der Waals surface area contributed by atoms with E-state index in [9.17, 15) is 5.11 Å². The lowest BCUT2D eigenvalue weighted by molar-refractivity contribution is 0.270. The molecule has 0 aliphatic carbocycles. The highest BCUT2D eigenvalue weighted by Crippen LogP contribution is 2.33. The molecule has 0 fully saturated rings. The predicted molar refractivity (Wildman–Crippen MR) is 88.6 cm³/mol. The van der Waals surface area contributed by atoms with E-state index in [1.807, 2.05) is 18.2 Å². The Hall–Kier alpha value is -1.51. The molecule has 112 valence electrons. The summed E-state index contributed by atoms with van der Waals surface area (Å²) in [4.78, 5) is 0. The van der Waals surface area contributed by atoms with Gasteiger partial charge in [-0.1, -0.05) is 62.7 Å². The molecule has 0 radical (unpaired) electrons. The fourth-order valence-corrected chi connectivity index (χ4v) is 2.67. The van der Waals surface area contributed by atoms with E-state index in [0.29, 0.717) is 11.6 Å². The summed E-state index contributed by atoms with van der Waals surface area (Å²) in [5.74, 6) is 0.271. The number of nitrogens with one attached hydrogen (secondary N) is 1. The van der Waals surface area contributed by atoms with E-state index in [2.05, 4.69) is 38.2 Å². The van der Waals surface area contributed by atoms with Gasteiger partial charge in [0.25, 0.3) is 0 Å². The maximum Gasteiger partial charge on any atom is 0.120 e. The summed E-state index contributed by atoms with van der Waals surface area (Å²) in [6.45, 7) is 7.18. The van der Waals surface area contributed by atoms with Crippen LogP contribution in [0.15, 0.2) is 48.5 Å². The fraction of sp³-hybridized carbons (Fsp3) is 0.333. The quantitative estimate of drug-likeness (QED) is 0.840. The Kier molecular flexibility index (Phi) is 4.92. The van der Waals surface area contributed by atoms with Crippen molar-refractivity contribution in [1.82, 2.24) is 5.32 Å². The van der Waals surface area contributed by atoms with Crippen LogP contribution in [0.5, 0.6) is 5.75 Å². The first-order valence-corrected chi connectivity index (χ1v) is 7.51. The molecule has 2 rings (SSSR count). The molecule has 0 bridgehead atoms. The van der Waals surface area contributed by atoms with E-state index >= 15 is 0 Å². The van der Waals surface area contributed by atoms with Crippen LogP contribution in [0.1, 0.15) is 37.9 Å². The molecule has 0 aromatic heterocycles. The topological polar surface area (TPSA) is 32.3 Å². The van der Waals surface area contributed by atoms with Gasteiger partial charge in [-0.15, -0.1) is 0 Å². The molecule has 1 unspecified atom stereocenters. The monoisotopic (exact) mass is 303 g/mol. The van der Waals surface area contributed by atoms with Gasteiger partial charge in [-0.25, -0.2) is 0 Å². The first-order chi connectivity index (χ1) is 9.88. The van der Waals surface area contributed by atoms with Crippen molar-refractivity contribution in [3.63, 3.8) is 0 Å². The van der Waals surface area contributed by atoms with Crippen molar-refractivity contribution < 1.29 is 5.11 Å². The maximum absolute atomic E-state index is 9.92. The van der Waals surface area contributed by atoms with E-state index < -0.39 is 0 Å². The Morgan fingerprint density at radius 2 is 1.76 bits per heavy atom. The summed E-state index contributed by atoms with van der Waals surface area (Å²) in [5, 5.41) is 14.1. The number of halogens is 1. The van der Waals surface area contributed by atoms with Gasteiger partial charge in [0, 0.05) is 23.2 Å². The molecule has 0 amide bonds. The van der Waals surface area contributed by atoms with Crippen LogP contribution < -0.4 is 5.32 Å². The van der Waals surface area contributed by atoms with Gasteiger partial charge in [-0.2, -0.15) is 0 Å². The first-order valence-electron chi connectivity index (χ1n) is 7.13. The van der Waals surface area contributed by atoms with Crippen LogP contribution in [-0.4, -0.2) is 5.11 Å². The van der Waals surface area contributed by atoms with Crippen LogP contribution >= 0.6 is 11.6 Å². The normalized spacial score (nSPS) is 13.1. The van der Waals surface area contributed by atoms with Crippen molar-refractivity contribution in [2.24, 2.45) is 5.41 Å². The number of hydrogen-bond acceptors (Lipinski definition) is 2. The average molecular weight is 304 g/mol. The van der Waals surface area contributed by atoms with Gasteiger partial charge in [0.1, 0.15) is 5.75 Å². The van der Waals surface area contributed by atoms with Crippen molar-refractivity contribution in [2.75, 3.05) is 0 Å². The molecule has 0 spiro atoms. The third kappa shape index (κ3) is 4.23. The smallest absolute Gasteiger partial charge is 0.120 e. The second kappa shape index (κ2) is 6.50. The zero-order valence-corrected chi connectivity index (χ0v) is 13.5. The highest BCUT2D eigenvalue weighted by atomic mass is 35.5. The average Bonchev–Trinajstić information content (AvgIpc) is 2.42. The Morgan fingerprint density at radius 1 is 1.10 bits per heavy atom. The van der Waals surface area contributed by atoms with Crippen molar-refractivity contribution >= 4 is 11.6 Å². The predicted octanol–water partition coefficient (Wildman–Crippen LogP) is 4.92. The van der Waals surface area contributed by atoms with E-state index in [0.717, 1.165) is 5.56 Å². The Balaban J connectivity index is 2.19. The van der Waals surface area contributed by atoms with Crippen molar-refractivity contribution in [3.8, 4) is 5.75 Å². The zero-order chi connectivity index (χ0) is 15.5. The van der Waals surface area contributed by atoms with E-state index in [4.69, 9.17) is 11.6 Å². The molecule has 0 heterocycles. The lowest BCUT2D eigenvalue weighted by Gasteiger charge is -2.32. The van der Waals surface area contributed by atoms with Crippen LogP contribution in [0.2, 0.25) is 5.02 Å². The molecule has 21 heavy (non-hydrogen) atoms. The van der Waals surface area contributed by atoms with Gasteiger partial charge >= 0.3 is 0 Å². The van der Waals surface area contributed by atoms with Crippen molar-refractivity contribution in [2.45, 2.75) is 33.4 Å². The van der Waals surface area contributed by atoms with E-state index in [-0.39, 0.29) is 17.2 Å². The molecule has 2 aromatic carbocycles. The molecular formula is C18H22ClNO. The molecular weight excluding hydrogens is 282 g/mol. The molecule has 0 saturated heterocycles. The molecule has 2 nitrogen and oxygen atoms in total. The lowest BCUT2D eigenvalue weighted by atomic mass is 9.82.